The molecule has 14 aromatic rings. The Hall–Kier alpha value is -9.62. The number of rotatable bonds is 4. The van der Waals surface area contributed by atoms with Crippen molar-refractivity contribution in [3.8, 4) is 39.9 Å². The van der Waals surface area contributed by atoms with Crippen molar-refractivity contribution < 1.29 is 0 Å². The van der Waals surface area contributed by atoms with E-state index in [2.05, 4.69) is 244 Å². The van der Waals surface area contributed by atoms with Gasteiger partial charge in [0, 0.05) is 48.5 Å². The molecule has 6 heteroatoms. The number of benzene rings is 10. The van der Waals surface area contributed by atoms with Crippen LogP contribution in [0.3, 0.4) is 0 Å². The molecule has 0 fully saturated rings. The zero-order valence-electron chi connectivity index (χ0n) is 38.8. The van der Waals surface area contributed by atoms with E-state index >= 15 is 0 Å². The van der Waals surface area contributed by atoms with Crippen molar-refractivity contribution in [1.82, 2.24) is 18.3 Å². The Morgan fingerprint density at radius 3 is 1.14 bits per heavy atom. The minimum Gasteiger partial charge on any atom is -0.318 e. The Balaban J connectivity index is 1.27. The highest BCUT2D eigenvalue weighted by atomic mass is 15.1. The molecule has 0 atom stereocenters. The highest BCUT2D eigenvalue weighted by molar-refractivity contribution is 6.17. The molecule has 0 spiro atoms. The maximum Gasteiger partial charge on any atom is 0.237 e. The van der Waals surface area contributed by atoms with Gasteiger partial charge >= 0.3 is 0 Å². The molecular weight excluding hydrogens is 865 g/mol. The summed E-state index contributed by atoms with van der Waals surface area (Å²) in [5, 5.41) is 21.1. The van der Waals surface area contributed by atoms with Crippen LogP contribution in [0.5, 0.6) is 0 Å². The van der Waals surface area contributed by atoms with Gasteiger partial charge in [-0.05, 0) is 76.9 Å². The molecule has 71 heavy (non-hydrogen) atoms. The van der Waals surface area contributed by atoms with Gasteiger partial charge in [-0.25, -0.2) is 4.85 Å². The predicted molar refractivity (Wildman–Crippen MR) is 292 cm³/mol. The van der Waals surface area contributed by atoms with Crippen molar-refractivity contribution in [1.29, 1.82) is 5.26 Å². The SMILES string of the molecule is [C-]#[N+]c1c(-n2c3ccccc3c3ccccc32)c(C#N)c(-n2c3ccccc3c3cc4c(cc32)C(C)(C)c2ccccc2-4)c(-n2c3ccccc3c3ccccc32)c1-n1c2ccccc2c2ccccc21. The maximum absolute atomic E-state index is 12.5. The van der Waals surface area contributed by atoms with E-state index < -0.39 is 0 Å². The van der Waals surface area contributed by atoms with Gasteiger partial charge in [-0.2, -0.15) is 5.26 Å². The molecule has 0 bridgehead atoms. The fraction of sp³-hybridized carbons (Fsp3) is 0.0462. The lowest BCUT2D eigenvalue weighted by molar-refractivity contribution is 0.661. The van der Waals surface area contributed by atoms with Gasteiger partial charge in [0.2, 0.25) is 5.69 Å². The largest absolute Gasteiger partial charge is 0.318 e. The van der Waals surface area contributed by atoms with Crippen molar-refractivity contribution in [2.75, 3.05) is 0 Å². The third-order valence-corrected chi connectivity index (χ3v) is 15.6. The lowest BCUT2D eigenvalue weighted by Crippen LogP contribution is -2.16. The van der Waals surface area contributed by atoms with E-state index in [9.17, 15) is 11.8 Å². The summed E-state index contributed by atoms with van der Waals surface area (Å²) in [5.74, 6) is 0. The first-order valence-corrected chi connectivity index (χ1v) is 24.1. The van der Waals surface area contributed by atoms with Crippen molar-refractivity contribution in [2.45, 2.75) is 19.3 Å². The molecule has 0 saturated carbocycles. The van der Waals surface area contributed by atoms with E-state index in [1.807, 2.05) is 0 Å². The van der Waals surface area contributed by atoms with Crippen LogP contribution >= 0.6 is 0 Å². The molecule has 10 aromatic carbocycles. The quantitative estimate of drug-likeness (QED) is 0.162. The molecular formula is C65H40N6. The first-order valence-electron chi connectivity index (χ1n) is 24.1. The van der Waals surface area contributed by atoms with E-state index in [0.29, 0.717) is 28.3 Å². The van der Waals surface area contributed by atoms with Gasteiger partial charge in [-0.1, -0.05) is 166 Å². The fourth-order valence-corrected chi connectivity index (χ4v) is 12.7. The summed E-state index contributed by atoms with van der Waals surface area (Å²) < 4.78 is 9.21. The highest BCUT2D eigenvalue weighted by Gasteiger charge is 2.38. The van der Waals surface area contributed by atoms with E-state index in [1.165, 1.54) is 22.3 Å². The first-order chi connectivity index (χ1) is 35.0. The Morgan fingerprint density at radius 1 is 0.366 bits per heavy atom. The summed E-state index contributed by atoms with van der Waals surface area (Å²) in [6.07, 6.45) is 0. The first kappa shape index (κ1) is 39.4. The molecule has 0 unspecified atom stereocenters. The van der Waals surface area contributed by atoms with Crippen LogP contribution < -0.4 is 0 Å². The Labute approximate surface area is 408 Å². The Morgan fingerprint density at radius 2 is 0.718 bits per heavy atom. The average molecular weight is 905 g/mol. The van der Waals surface area contributed by atoms with Gasteiger partial charge in [-0.15, -0.1) is 0 Å². The molecule has 15 rings (SSSR count). The van der Waals surface area contributed by atoms with Crippen LogP contribution in [0.2, 0.25) is 0 Å². The van der Waals surface area contributed by atoms with Gasteiger partial charge in [0.1, 0.15) is 6.07 Å². The van der Waals surface area contributed by atoms with Crippen LogP contribution in [0.1, 0.15) is 30.5 Å². The number of nitriles is 1. The smallest absolute Gasteiger partial charge is 0.237 e. The zero-order valence-corrected chi connectivity index (χ0v) is 38.8. The summed E-state index contributed by atoms with van der Waals surface area (Å²) in [4.78, 5) is 4.72. The van der Waals surface area contributed by atoms with Gasteiger partial charge in [0.05, 0.1) is 79.0 Å². The third-order valence-electron chi connectivity index (χ3n) is 15.6. The summed E-state index contributed by atoms with van der Waals surface area (Å²) in [6.45, 7) is 14.3. The van der Waals surface area contributed by atoms with E-state index in [0.717, 1.165) is 92.9 Å². The van der Waals surface area contributed by atoms with Crippen LogP contribution in [0.4, 0.5) is 5.69 Å². The minimum absolute atomic E-state index is 0.300. The molecule has 0 aliphatic heterocycles. The number of aromatic nitrogens is 4. The zero-order chi connectivity index (χ0) is 47.3. The Bertz CT molecular complexity index is 4600. The fourth-order valence-electron chi connectivity index (χ4n) is 12.7. The van der Waals surface area contributed by atoms with Crippen molar-refractivity contribution >= 4 is 92.9 Å². The van der Waals surface area contributed by atoms with Crippen molar-refractivity contribution in [3.05, 3.63) is 234 Å². The molecule has 1 aliphatic carbocycles. The molecule has 0 saturated heterocycles. The molecule has 0 N–H and O–H groups in total. The molecule has 1 aliphatic rings. The second-order valence-electron chi connectivity index (χ2n) is 19.4. The van der Waals surface area contributed by atoms with Gasteiger partial charge in [0.25, 0.3) is 0 Å². The van der Waals surface area contributed by atoms with Crippen LogP contribution in [0.25, 0.3) is 126 Å². The lowest BCUT2D eigenvalue weighted by Gasteiger charge is -2.27. The monoisotopic (exact) mass is 904 g/mol. The number of hydrogen-bond donors (Lipinski definition) is 0. The van der Waals surface area contributed by atoms with Crippen molar-refractivity contribution in [3.63, 3.8) is 0 Å². The van der Waals surface area contributed by atoms with Crippen LogP contribution in [-0.4, -0.2) is 18.3 Å². The lowest BCUT2D eigenvalue weighted by atomic mass is 9.82. The topological polar surface area (TPSA) is 47.9 Å². The molecule has 4 aromatic heterocycles. The van der Waals surface area contributed by atoms with E-state index in [4.69, 9.17) is 4.85 Å². The van der Waals surface area contributed by atoms with Gasteiger partial charge in [0.15, 0.2) is 0 Å². The van der Waals surface area contributed by atoms with Gasteiger partial charge < -0.3 is 18.3 Å². The Kier molecular flexibility index (Phi) is 7.88. The molecule has 6 nitrogen and oxygen atoms in total. The van der Waals surface area contributed by atoms with Crippen LogP contribution in [-0.2, 0) is 5.41 Å². The average Bonchev–Trinajstić information content (AvgIpc) is 4.19. The van der Waals surface area contributed by atoms with Crippen molar-refractivity contribution in [2.24, 2.45) is 0 Å². The molecule has 330 valence electrons. The highest BCUT2D eigenvalue weighted by Crippen LogP contribution is 2.54. The summed E-state index contributed by atoms with van der Waals surface area (Å²) in [5.41, 5.74) is 15.8. The minimum atomic E-state index is -0.300. The number of fused-ring (bicyclic) bond motifs is 15. The number of para-hydroxylation sites is 7. The summed E-state index contributed by atoms with van der Waals surface area (Å²) in [7, 11) is 0. The van der Waals surface area contributed by atoms with E-state index in [-0.39, 0.29) is 5.41 Å². The number of hydrogen-bond acceptors (Lipinski definition) is 1. The summed E-state index contributed by atoms with van der Waals surface area (Å²) >= 11 is 0. The molecule has 4 heterocycles. The predicted octanol–water partition coefficient (Wildman–Crippen LogP) is 16.8. The standard InChI is InChI=1S/C65H40N6/c1-65(2)50-28-12-4-20-39(50)47-36-48-46-27-11-19-35-58(46)71(59(48)37-51(47)65)62-49(38-66)61(68-52-29-13-5-21-40(52)41-22-6-14-30-53(41)68)60(67-3)63(69-54-31-15-7-23-42(54)43-24-8-16-32-55(43)69)64(62)70-56-33-17-9-25-44(56)45-26-10-18-34-57(45)70/h4-37H,1-2H3. The van der Waals surface area contributed by atoms with Crippen LogP contribution in [0.15, 0.2) is 206 Å². The number of nitrogens with zero attached hydrogens (tertiary/aromatic N) is 6. The van der Waals surface area contributed by atoms with E-state index in [1.54, 1.807) is 0 Å². The normalized spacial score (nSPS) is 13.0. The second kappa shape index (κ2) is 14.2. The van der Waals surface area contributed by atoms with Gasteiger partial charge in [-0.3, -0.25) is 0 Å². The maximum atomic E-state index is 12.5. The second-order valence-corrected chi connectivity index (χ2v) is 19.4. The molecule has 0 radical (unpaired) electrons. The molecule has 0 amide bonds. The van der Waals surface area contributed by atoms with Crippen LogP contribution in [0, 0.1) is 17.9 Å². The summed E-state index contributed by atoms with van der Waals surface area (Å²) in [6, 6.07) is 76.0. The third kappa shape index (κ3) is 5.02.